The number of unbranched alkanes of at least 4 members (excludes halogenated alkanes) is 6. The number of benzene rings is 1. The van der Waals surface area contributed by atoms with Crippen LogP contribution in [-0.2, 0) is 34.8 Å². The van der Waals surface area contributed by atoms with Crippen LogP contribution in [0.5, 0.6) is 5.75 Å². The van der Waals surface area contributed by atoms with E-state index in [0.717, 1.165) is 12.2 Å². The Bertz CT molecular complexity index is 539. The second-order valence-electron chi connectivity index (χ2n) is 8.42. The fourth-order valence-corrected chi connectivity index (χ4v) is 3.38. The minimum absolute atomic E-state index is 0.539. The van der Waals surface area contributed by atoms with Crippen molar-refractivity contribution in [2.24, 2.45) is 0 Å². The molecular weight excluding hydrogens is 448 g/mol. The minimum Gasteiger partial charge on any atom is -0.491 e. The van der Waals surface area contributed by atoms with Crippen LogP contribution >= 0.6 is 0 Å². The van der Waals surface area contributed by atoms with Crippen molar-refractivity contribution in [1.29, 1.82) is 0 Å². The van der Waals surface area contributed by atoms with Gasteiger partial charge in [-0.3, -0.25) is 0 Å². The van der Waals surface area contributed by atoms with Crippen molar-refractivity contribution < 1.29 is 33.2 Å². The SMILES string of the molecule is CCCCCCCCCc1ccc(OCCOCCOCCOCCOCCOCCOC)cc1. The molecular formula is C28H50O7. The van der Waals surface area contributed by atoms with E-state index in [4.69, 9.17) is 33.2 Å². The number of ether oxygens (including phenoxy) is 7. The summed E-state index contributed by atoms with van der Waals surface area (Å²) in [5.41, 5.74) is 1.39. The van der Waals surface area contributed by atoms with Crippen molar-refractivity contribution >= 4 is 0 Å². The first-order valence-corrected chi connectivity index (χ1v) is 13.5. The molecule has 0 aliphatic heterocycles. The summed E-state index contributed by atoms with van der Waals surface area (Å²) in [6.07, 6.45) is 10.6. The van der Waals surface area contributed by atoms with Gasteiger partial charge in [0.25, 0.3) is 0 Å². The van der Waals surface area contributed by atoms with Gasteiger partial charge in [-0.15, -0.1) is 0 Å². The van der Waals surface area contributed by atoms with Crippen LogP contribution in [0.2, 0.25) is 0 Å². The molecule has 0 radical (unpaired) electrons. The lowest BCUT2D eigenvalue weighted by Crippen LogP contribution is -2.14. The highest BCUT2D eigenvalue weighted by Gasteiger charge is 1.98. The van der Waals surface area contributed by atoms with Gasteiger partial charge in [0.2, 0.25) is 0 Å². The van der Waals surface area contributed by atoms with Crippen LogP contribution in [0.3, 0.4) is 0 Å². The van der Waals surface area contributed by atoms with Crippen LogP contribution in [0, 0.1) is 0 Å². The van der Waals surface area contributed by atoms with Gasteiger partial charge in [0, 0.05) is 7.11 Å². The Morgan fingerprint density at radius 2 is 0.914 bits per heavy atom. The molecule has 204 valence electrons. The minimum atomic E-state index is 0.539. The molecule has 0 aliphatic carbocycles. The van der Waals surface area contributed by atoms with Crippen LogP contribution in [0.1, 0.15) is 57.4 Å². The smallest absolute Gasteiger partial charge is 0.119 e. The topological polar surface area (TPSA) is 64.6 Å². The molecule has 7 heteroatoms. The van der Waals surface area contributed by atoms with E-state index < -0.39 is 0 Å². The maximum atomic E-state index is 5.75. The van der Waals surface area contributed by atoms with Gasteiger partial charge in [0.05, 0.1) is 72.7 Å². The average Bonchev–Trinajstić information content (AvgIpc) is 2.88. The Morgan fingerprint density at radius 1 is 0.486 bits per heavy atom. The third-order valence-corrected chi connectivity index (χ3v) is 5.41. The molecule has 0 aliphatic rings. The lowest BCUT2D eigenvalue weighted by atomic mass is 10.0. The van der Waals surface area contributed by atoms with Gasteiger partial charge in [-0.1, -0.05) is 57.6 Å². The van der Waals surface area contributed by atoms with Gasteiger partial charge in [-0.25, -0.2) is 0 Å². The van der Waals surface area contributed by atoms with Crippen LogP contribution in [-0.4, -0.2) is 86.4 Å². The third-order valence-electron chi connectivity index (χ3n) is 5.41. The zero-order valence-electron chi connectivity index (χ0n) is 22.3. The van der Waals surface area contributed by atoms with E-state index in [0.29, 0.717) is 79.3 Å². The first-order valence-electron chi connectivity index (χ1n) is 13.5. The summed E-state index contributed by atoms with van der Waals surface area (Å²) < 4.78 is 37.9. The molecule has 1 aromatic carbocycles. The lowest BCUT2D eigenvalue weighted by Gasteiger charge is -2.09. The average molecular weight is 499 g/mol. The molecule has 0 heterocycles. The monoisotopic (exact) mass is 498 g/mol. The zero-order valence-corrected chi connectivity index (χ0v) is 22.3. The van der Waals surface area contributed by atoms with E-state index in [1.807, 2.05) is 0 Å². The van der Waals surface area contributed by atoms with Crippen LogP contribution in [0.15, 0.2) is 24.3 Å². The van der Waals surface area contributed by atoms with Crippen molar-refractivity contribution in [1.82, 2.24) is 0 Å². The molecule has 0 aromatic heterocycles. The van der Waals surface area contributed by atoms with Gasteiger partial charge in [0.1, 0.15) is 12.4 Å². The molecule has 0 bridgehead atoms. The molecule has 1 aromatic rings. The van der Waals surface area contributed by atoms with E-state index in [9.17, 15) is 0 Å². The largest absolute Gasteiger partial charge is 0.491 e. The molecule has 0 spiro atoms. The molecule has 0 unspecified atom stereocenters. The summed E-state index contributed by atoms with van der Waals surface area (Å²) in [6, 6.07) is 8.46. The number of aryl methyl sites for hydroxylation is 1. The number of rotatable bonds is 27. The summed E-state index contributed by atoms with van der Waals surface area (Å²) in [4.78, 5) is 0. The van der Waals surface area contributed by atoms with Crippen molar-refractivity contribution in [2.45, 2.75) is 58.3 Å². The van der Waals surface area contributed by atoms with Crippen molar-refractivity contribution in [3.05, 3.63) is 29.8 Å². The maximum absolute atomic E-state index is 5.75. The molecule has 7 nitrogen and oxygen atoms in total. The Labute approximate surface area is 213 Å². The number of hydrogen-bond acceptors (Lipinski definition) is 7. The second-order valence-corrected chi connectivity index (χ2v) is 8.42. The summed E-state index contributed by atoms with van der Waals surface area (Å²) in [7, 11) is 1.65. The molecule has 35 heavy (non-hydrogen) atoms. The quantitative estimate of drug-likeness (QED) is 0.157. The van der Waals surface area contributed by atoms with E-state index in [-0.39, 0.29) is 0 Å². The summed E-state index contributed by atoms with van der Waals surface area (Å²) in [5.74, 6) is 0.896. The molecule has 0 amide bonds. The third kappa shape index (κ3) is 21.8. The van der Waals surface area contributed by atoms with Gasteiger partial charge in [0.15, 0.2) is 0 Å². The molecule has 0 saturated heterocycles. The lowest BCUT2D eigenvalue weighted by molar-refractivity contribution is -0.0159. The van der Waals surface area contributed by atoms with Gasteiger partial charge in [-0.05, 0) is 30.5 Å². The van der Waals surface area contributed by atoms with Gasteiger partial charge >= 0.3 is 0 Å². The van der Waals surface area contributed by atoms with Crippen LogP contribution < -0.4 is 4.74 Å². The highest BCUT2D eigenvalue weighted by Crippen LogP contribution is 2.15. The predicted octanol–water partition coefficient (Wildman–Crippen LogP) is 5.09. The maximum Gasteiger partial charge on any atom is 0.119 e. The van der Waals surface area contributed by atoms with Crippen molar-refractivity contribution in [3.63, 3.8) is 0 Å². The normalized spacial score (nSPS) is 11.3. The van der Waals surface area contributed by atoms with E-state index in [1.54, 1.807) is 7.11 Å². The fraction of sp³-hybridized carbons (Fsp3) is 0.786. The summed E-state index contributed by atoms with van der Waals surface area (Å²) >= 11 is 0. The molecule has 0 N–H and O–H groups in total. The highest BCUT2D eigenvalue weighted by atomic mass is 16.6. The summed E-state index contributed by atoms with van der Waals surface area (Å²) in [5, 5.41) is 0. The number of hydrogen-bond donors (Lipinski definition) is 0. The zero-order chi connectivity index (χ0) is 25.1. The Morgan fingerprint density at radius 3 is 1.40 bits per heavy atom. The first kappa shape index (κ1) is 31.8. The standard InChI is InChI=1S/C28H50O7/c1-3-4-5-6-7-8-9-10-27-11-13-28(14-12-27)35-26-25-34-24-23-33-22-21-32-20-19-31-18-17-30-16-15-29-2/h11-14H,3-10,15-26H2,1-2H3. The molecule has 0 atom stereocenters. The molecule has 1 rings (SSSR count). The Kier molecular flexibility index (Phi) is 23.5. The first-order chi connectivity index (χ1) is 17.4. The Balaban J connectivity index is 1.81. The van der Waals surface area contributed by atoms with Crippen molar-refractivity contribution in [3.8, 4) is 5.75 Å². The fourth-order valence-electron chi connectivity index (χ4n) is 3.38. The van der Waals surface area contributed by atoms with E-state index in [2.05, 4.69) is 31.2 Å². The van der Waals surface area contributed by atoms with Gasteiger partial charge < -0.3 is 33.2 Å². The van der Waals surface area contributed by atoms with Crippen molar-refractivity contribution in [2.75, 3.05) is 86.4 Å². The highest BCUT2D eigenvalue weighted by molar-refractivity contribution is 5.27. The number of methoxy groups -OCH3 is 1. The predicted molar refractivity (Wildman–Crippen MR) is 140 cm³/mol. The summed E-state index contributed by atoms with van der Waals surface area (Å²) in [6.45, 7) is 8.99. The van der Waals surface area contributed by atoms with Gasteiger partial charge in [-0.2, -0.15) is 0 Å². The van der Waals surface area contributed by atoms with Crippen LogP contribution in [0.4, 0.5) is 0 Å². The van der Waals surface area contributed by atoms with E-state index in [1.165, 1.54) is 50.5 Å². The molecule has 0 fully saturated rings. The Hall–Kier alpha value is -1.22. The van der Waals surface area contributed by atoms with Crippen LogP contribution in [0.25, 0.3) is 0 Å². The second kappa shape index (κ2) is 25.9. The molecule has 0 saturated carbocycles. The van der Waals surface area contributed by atoms with E-state index >= 15 is 0 Å².